The summed E-state index contributed by atoms with van der Waals surface area (Å²) in [5.41, 5.74) is 9.37. The Kier molecular flexibility index (Phi) is 7.37. The number of hydrogen-bond acceptors (Lipinski definition) is 5. The van der Waals surface area contributed by atoms with Crippen LogP contribution in [0, 0.1) is 0 Å². The number of hydrogen-bond donors (Lipinski definition) is 4. The second kappa shape index (κ2) is 10.6. The van der Waals surface area contributed by atoms with Crippen LogP contribution >= 0.6 is 0 Å². The monoisotopic (exact) mass is 506 g/mol. The summed E-state index contributed by atoms with van der Waals surface area (Å²) in [6.07, 6.45) is 6.32. The molecule has 4 rings (SSSR count). The number of nitrogens with one attached hydrogen (secondary N) is 3. The Balaban J connectivity index is 1.35. The van der Waals surface area contributed by atoms with Crippen LogP contribution in [-0.4, -0.2) is 44.8 Å². The molecule has 2 atom stereocenters. The van der Waals surface area contributed by atoms with E-state index >= 15 is 0 Å². The van der Waals surface area contributed by atoms with Crippen molar-refractivity contribution in [1.82, 2.24) is 20.6 Å². The van der Waals surface area contributed by atoms with Gasteiger partial charge in [-0.1, -0.05) is 0 Å². The smallest absolute Gasteiger partial charge is 0.0398 e. The van der Waals surface area contributed by atoms with Crippen LogP contribution in [0.15, 0.2) is 60.9 Å². The third-order valence-corrected chi connectivity index (χ3v) is 6.12. The topological polar surface area (TPSA) is 122 Å². The third-order valence-electron chi connectivity index (χ3n) is 5.41. The standard InChI is InChI=1S/C24H27AsN6O2/c25-22-10-1-15(12-28-22)13-29-24(33)31-19-5-2-16(3-6-19)21(30-18-8-9-18)11-20-7-4-17(14-27-20)23(26)32/h1-7,10,12,14,18,21,30H,8-9,11,13,25H2,(H2,26,32)(H2,29,31,33). The summed E-state index contributed by atoms with van der Waals surface area (Å²) in [4.78, 5) is 32.2. The molecule has 2 unspecified atom stereocenters. The van der Waals surface area contributed by atoms with E-state index in [2.05, 4.69) is 25.9 Å². The Hall–Kier alpha value is -3.22. The van der Waals surface area contributed by atoms with Gasteiger partial charge in [0, 0.05) is 30.4 Å². The van der Waals surface area contributed by atoms with Gasteiger partial charge in [0.1, 0.15) is 0 Å². The van der Waals surface area contributed by atoms with E-state index in [-0.39, 0.29) is 12.1 Å². The number of primary amides is 1. The normalized spacial score (nSPS) is 13.8. The van der Waals surface area contributed by atoms with Gasteiger partial charge in [0.15, 0.2) is 0 Å². The van der Waals surface area contributed by atoms with E-state index in [0.717, 1.165) is 27.0 Å². The second-order valence-electron chi connectivity index (χ2n) is 8.12. The van der Waals surface area contributed by atoms with Crippen molar-refractivity contribution in [1.29, 1.82) is 0 Å². The van der Waals surface area contributed by atoms with Crippen LogP contribution in [0.1, 0.15) is 46.1 Å². The van der Waals surface area contributed by atoms with Crippen LogP contribution in [0.5, 0.6) is 0 Å². The number of urea groups is 1. The maximum atomic E-state index is 12.2. The van der Waals surface area contributed by atoms with Crippen molar-refractivity contribution in [3.05, 3.63) is 83.3 Å². The van der Waals surface area contributed by atoms with E-state index in [0.29, 0.717) is 24.6 Å². The summed E-state index contributed by atoms with van der Waals surface area (Å²) in [6, 6.07) is 15.6. The number of nitrogens with two attached hydrogens (primary N) is 1. The van der Waals surface area contributed by atoms with Gasteiger partial charge in [-0.2, -0.15) is 0 Å². The fourth-order valence-corrected chi connectivity index (χ4v) is 3.76. The summed E-state index contributed by atoms with van der Waals surface area (Å²) >= 11 is 1.47. The van der Waals surface area contributed by atoms with Gasteiger partial charge < -0.3 is 11.1 Å². The van der Waals surface area contributed by atoms with Gasteiger partial charge in [-0.05, 0) is 25.0 Å². The second-order valence-corrected chi connectivity index (χ2v) is 9.36. The molecule has 9 heteroatoms. The number of aromatic nitrogens is 2. The molecule has 0 bridgehead atoms. The number of benzene rings is 1. The van der Waals surface area contributed by atoms with Crippen LogP contribution < -0.4 is 26.2 Å². The molecule has 170 valence electrons. The van der Waals surface area contributed by atoms with Gasteiger partial charge in [0.05, 0.1) is 5.56 Å². The van der Waals surface area contributed by atoms with Crippen molar-refractivity contribution >= 4 is 39.0 Å². The third kappa shape index (κ3) is 6.88. The molecule has 1 aromatic carbocycles. The molecule has 1 aliphatic carbocycles. The minimum Gasteiger partial charge on any atom is -0.260 e. The quantitative estimate of drug-likeness (QED) is 0.325. The van der Waals surface area contributed by atoms with E-state index in [1.807, 2.05) is 42.5 Å². The molecule has 1 aliphatic rings. The van der Waals surface area contributed by atoms with Crippen LogP contribution in [0.2, 0.25) is 0 Å². The zero-order valence-electron chi connectivity index (χ0n) is 18.1. The summed E-state index contributed by atoms with van der Waals surface area (Å²) in [5, 5.41) is 9.37. The molecule has 3 aromatic rings. The minimum absolute atomic E-state index is 0.0859. The van der Waals surface area contributed by atoms with Crippen LogP contribution in [0.4, 0.5) is 10.5 Å². The predicted octanol–water partition coefficient (Wildman–Crippen LogP) is 1.19. The molecule has 2 heterocycles. The fraction of sp³-hybridized carbons (Fsp3) is 0.250. The zero-order valence-corrected chi connectivity index (χ0v) is 20.5. The molecule has 8 nitrogen and oxygen atoms in total. The van der Waals surface area contributed by atoms with E-state index in [4.69, 9.17) is 5.73 Å². The van der Waals surface area contributed by atoms with E-state index < -0.39 is 5.91 Å². The van der Waals surface area contributed by atoms with Gasteiger partial charge in [0.2, 0.25) is 5.91 Å². The van der Waals surface area contributed by atoms with Crippen molar-refractivity contribution in [2.75, 3.05) is 5.32 Å². The van der Waals surface area contributed by atoms with Crippen molar-refractivity contribution in [3.63, 3.8) is 0 Å². The van der Waals surface area contributed by atoms with Crippen molar-refractivity contribution in [2.45, 2.75) is 37.9 Å². The van der Waals surface area contributed by atoms with E-state index in [9.17, 15) is 9.59 Å². The first-order valence-electron chi connectivity index (χ1n) is 10.8. The molecule has 0 radical (unpaired) electrons. The predicted molar refractivity (Wildman–Crippen MR) is 130 cm³/mol. The first kappa shape index (κ1) is 23.0. The molecule has 0 aliphatic heterocycles. The number of carbonyl (C=O) groups is 2. The Labute approximate surface area is 201 Å². The van der Waals surface area contributed by atoms with Gasteiger partial charge in [0.25, 0.3) is 0 Å². The molecule has 2 aromatic heterocycles. The van der Waals surface area contributed by atoms with Crippen LogP contribution in [0.3, 0.4) is 0 Å². The molecule has 0 spiro atoms. The summed E-state index contributed by atoms with van der Waals surface area (Å²) in [6.45, 7) is 0.416. The summed E-state index contributed by atoms with van der Waals surface area (Å²) in [7, 11) is 0. The molecule has 3 amide bonds. The molecular formula is C24H27AsN6O2. The average molecular weight is 506 g/mol. The number of nitrogens with zero attached hydrogens (tertiary/aromatic N) is 2. The molecule has 5 N–H and O–H groups in total. The Morgan fingerprint density at radius 3 is 2.42 bits per heavy atom. The zero-order chi connectivity index (χ0) is 23.2. The Morgan fingerprint density at radius 2 is 1.82 bits per heavy atom. The van der Waals surface area contributed by atoms with Gasteiger partial charge in [-0.3, -0.25) is 9.78 Å². The first-order valence-corrected chi connectivity index (χ1v) is 12.0. The first-order chi connectivity index (χ1) is 16.0. The number of anilines is 1. The van der Waals surface area contributed by atoms with Crippen molar-refractivity contribution < 1.29 is 9.59 Å². The van der Waals surface area contributed by atoms with Gasteiger partial charge in [-0.25, -0.2) is 0 Å². The number of pyridine rings is 2. The van der Waals surface area contributed by atoms with E-state index in [1.165, 1.54) is 35.9 Å². The van der Waals surface area contributed by atoms with Crippen molar-refractivity contribution in [3.8, 4) is 0 Å². The minimum atomic E-state index is -0.481. The van der Waals surface area contributed by atoms with Crippen LogP contribution in [0.25, 0.3) is 0 Å². The largest absolute Gasteiger partial charge is 0.260 e. The van der Waals surface area contributed by atoms with Gasteiger partial charge >= 0.3 is 114 Å². The SMILES string of the molecule is NC(=O)c1ccc(CC(NC2CC2)c2ccc(NC(=O)NCc3ccc([AsH2])nc3)cc2)nc1. The fourth-order valence-electron chi connectivity index (χ4n) is 3.40. The maximum Gasteiger partial charge on any atom is 0.0398 e. The van der Waals surface area contributed by atoms with E-state index in [1.54, 1.807) is 12.3 Å². The average Bonchev–Trinajstić information content (AvgIpc) is 3.63. The number of amides is 3. The van der Waals surface area contributed by atoms with Crippen LogP contribution in [-0.2, 0) is 13.0 Å². The molecule has 33 heavy (non-hydrogen) atoms. The number of rotatable bonds is 9. The molecule has 1 fully saturated rings. The van der Waals surface area contributed by atoms with Crippen molar-refractivity contribution in [2.24, 2.45) is 5.73 Å². The molecule has 1 saturated carbocycles. The number of carbonyl (C=O) groups excluding carboxylic acids is 2. The summed E-state index contributed by atoms with van der Waals surface area (Å²) < 4.78 is 1.00. The Bertz CT molecular complexity index is 1100. The molecule has 0 saturated heterocycles. The Morgan fingerprint density at radius 1 is 1.03 bits per heavy atom. The maximum absolute atomic E-state index is 12.2. The molecular weight excluding hydrogens is 479 g/mol. The summed E-state index contributed by atoms with van der Waals surface area (Å²) in [5.74, 6) is -0.481. The van der Waals surface area contributed by atoms with Gasteiger partial charge in [-0.15, -0.1) is 0 Å².